The molecule has 2 aromatic carbocycles. The fraction of sp³-hybridized carbons (Fsp3) is 0.217. The standard InChI is InChI=1S/C23H20F4N4O3S.Na/c24-16-6-8-19(20(14-16)23(25,26)27)22(32)29-35(33,34)18-7-9-21(28-15-18)31-12-10-30(11-13-31)17-4-2-1-3-5-17;/h1-9,14-15H,10-13H2,(H,29,32);/q;+1/p-1. The first-order chi connectivity index (χ1) is 16.5. The summed E-state index contributed by atoms with van der Waals surface area (Å²) < 4.78 is 80.8. The molecular weight excluding hydrogens is 511 g/mol. The number of hydrogen-bond acceptors (Lipinski definition) is 6. The van der Waals surface area contributed by atoms with E-state index >= 15 is 0 Å². The van der Waals surface area contributed by atoms with Gasteiger partial charge in [0.1, 0.15) is 21.7 Å². The van der Waals surface area contributed by atoms with E-state index in [1.807, 2.05) is 35.2 Å². The third-order valence-electron chi connectivity index (χ3n) is 5.46. The third-order valence-corrected chi connectivity index (χ3v) is 6.71. The second-order valence-corrected chi connectivity index (χ2v) is 9.33. The van der Waals surface area contributed by atoms with Crippen LogP contribution in [-0.2, 0) is 16.2 Å². The van der Waals surface area contributed by atoms with Gasteiger partial charge in [0, 0.05) is 43.6 Å². The maximum Gasteiger partial charge on any atom is 1.00 e. The number of carbonyl (C=O) groups is 1. The number of sulfonamides is 1. The minimum atomic E-state index is -5.07. The van der Waals surface area contributed by atoms with Gasteiger partial charge in [0.25, 0.3) is 0 Å². The zero-order valence-corrected chi connectivity index (χ0v) is 21.9. The molecule has 3 aromatic rings. The van der Waals surface area contributed by atoms with E-state index in [9.17, 15) is 30.8 Å². The number of aromatic nitrogens is 1. The fourth-order valence-corrected chi connectivity index (χ4v) is 4.54. The molecule has 1 aliphatic rings. The van der Waals surface area contributed by atoms with E-state index in [0.29, 0.717) is 31.0 Å². The van der Waals surface area contributed by atoms with Crippen molar-refractivity contribution in [3.05, 3.63) is 88.5 Å². The van der Waals surface area contributed by atoms with Crippen molar-refractivity contribution >= 4 is 27.4 Å². The Morgan fingerprint density at radius 1 is 0.917 bits per heavy atom. The number of halogens is 4. The number of para-hydroxylation sites is 1. The number of alkyl halides is 3. The van der Waals surface area contributed by atoms with Crippen LogP contribution in [-0.4, -0.2) is 45.5 Å². The Kier molecular flexibility index (Phi) is 8.65. The van der Waals surface area contributed by atoms with Crippen molar-refractivity contribution in [2.24, 2.45) is 0 Å². The molecule has 0 radical (unpaired) electrons. The molecule has 36 heavy (non-hydrogen) atoms. The van der Waals surface area contributed by atoms with Crippen LogP contribution in [0.15, 0.2) is 71.8 Å². The number of piperazine rings is 1. The molecule has 0 N–H and O–H groups in total. The monoisotopic (exact) mass is 530 g/mol. The van der Waals surface area contributed by atoms with Crippen molar-refractivity contribution in [3.8, 4) is 0 Å². The molecule has 1 aliphatic heterocycles. The Balaban J connectivity index is 0.00000361. The quantitative estimate of drug-likeness (QED) is 0.367. The van der Waals surface area contributed by atoms with Crippen LogP contribution in [0.3, 0.4) is 0 Å². The topological polar surface area (TPSA) is 84.7 Å². The van der Waals surface area contributed by atoms with E-state index in [0.717, 1.165) is 25.0 Å². The zero-order valence-electron chi connectivity index (χ0n) is 19.1. The van der Waals surface area contributed by atoms with Gasteiger partial charge in [-0.2, -0.15) is 13.2 Å². The van der Waals surface area contributed by atoms with Crippen LogP contribution >= 0.6 is 0 Å². The van der Waals surface area contributed by atoms with Crippen LogP contribution < -0.4 is 39.4 Å². The van der Waals surface area contributed by atoms with Crippen LogP contribution in [0, 0.1) is 5.82 Å². The van der Waals surface area contributed by atoms with Gasteiger partial charge in [0.15, 0.2) is 0 Å². The normalized spacial score (nSPS) is 14.2. The number of pyridine rings is 1. The van der Waals surface area contributed by atoms with Crippen molar-refractivity contribution in [3.63, 3.8) is 0 Å². The second-order valence-electron chi connectivity index (χ2n) is 7.72. The van der Waals surface area contributed by atoms with Gasteiger partial charge >= 0.3 is 35.7 Å². The summed E-state index contributed by atoms with van der Waals surface area (Å²) in [5.74, 6) is -2.36. The van der Waals surface area contributed by atoms with Gasteiger partial charge in [-0.25, -0.2) is 17.8 Å². The van der Waals surface area contributed by atoms with Crippen LogP contribution in [0.1, 0.15) is 15.9 Å². The van der Waals surface area contributed by atoms with E-state index in [1.54, 1.807) is 0 Å². The molecule has 0 atom stereocenters. The van der Waals surface area contributed by atoms with Crippen LogP contribution in [0.5, 0.6) is 0 Å². The van der Waals surface area contributed by atoms with Crippen molar-refractivity contribution in [1.82, 2.24) is 4.98 Å². The summed E-state index contributed by atoms with van der Waals surface area (Å²) in [5, 5.41) is 0. The second kappa shape index (κ2) is 11.2. The van der Waals surface area contributed by atoms with E-state index in [-0.39, 0.29) is 35.6 Å². The first-order valence-corrected chi connectivity index (χ1v) is 11.9. The average Bonchev–Trinajstić information content (AvgIpc) is 2.84. The van der Waals surface area contributed by atoms with Gasteiger partial charge in [-0.15, -0.1) is 0 Å². The molecule has 1 amide bonds. The average molecular weight is 530 g/mol. The molecule has 0 spiro atoms. The van der Waals surface area contributed by atoms with Crippen LogP contribution in [0.2, 0.25) is 0 Å². The largest absolute Gasteiger partial charge is 1.00 e. The third kappa shape index (κ3) is 6.36. The number of rotatable bonds is 5. The number of nitrogens with zero attached hydrogens (tertiary/aromatic N) is 4. The number of hydrogen-bond donors (Lipinski definition) is 0. The molecule has 7 nitrogen and oxygen atoms in total. The Morgan fingerprint density at radius 3 is 2.14 bits per heavy atom. The molecule has 1 aromatic heterocycles. The Morgan fingerprint density at radius 2 is 1.56 bits per heavy atom. The molecule has 0 saturated carbocycles. The van der Waals surface area contributed by atoms with Gasteiger partial charge in [0.05, 0.1) is 16.4 Å². The van der Waals surface area contributed by atoms with Crippen molar-refractivity contribution in [1.29, 1.82) is 0 Å². The van der Waals surface area contributed by atoms with Crippen molar-refractivity contribution in [2.75, 3.05) is 36.0 Å². The summed E-state index contributed by atoms with van der Waals surface area (Å²) >= 11 is 0. The van der Waals surface area contributed by atoms with Crippen LogP contribution in [0.4, 0.5) is 29.1 Å². The fourth-order valence-electron chi connectivity index (χ4n) is 3.69. The molecule has 184 valence electrons. The van der Waals surface area contributed by atoms with Crippen molar-refractivity contribution in [2.45, 2.75) is 11.1 Å². The van der Waals surface area contributed by atoms with Gasteiger partial charge in [0.2, 0.25) is 0 Å². The van der Waals surface area contributed by atoms with Crippen LogP contribution in [0.25, 0.3) is 4.72 Å². The first kappa shape index (κ1) is 27.9. The van der Waals surface area contributed by atoms with Gasteiger partial charge in [-0.1, -0.05) is 18.2 Å². The zero-order chi connectivity index (χ0) is 25.2. The Labute approximate surface area is 227 Å². The number of benzene rings is 2. The molecule has 13 heteroatoms. The predicted molar refractivity (Wildman–Crippen MR) is 121 cm³/mol. The van der Waals surface area contributed by atoms with Gasteiger partial charge < -0.3 is 19.3 Å². The summed E-state index contributed by atoms with van der Waals surface area (Å²) in [7, 11) is -4.65. The minimum absolute atomic E-state index is 0. The van der Waals surface area contributed by atoms with Crippen molar-refractivity contribution < 1.29 is 60.3 Å². The number of carbonyl (C=O) groups excluding carboxylic acids is 1. The molecule has 0 aliphatic carbocycles. The predicted octanol–water partition coefficient (Wildman–Crippen LogP) is 1.47. The molecule has 1 saturated heterocycles. The summed E-state index contributed by atoms with van der Waals surface area (Å²) in [4.78, 5) is 20.1. The Bertz CT molecular complexity index is 1320. The summed E-state index contributed by atoms with van der Waals surface area (Å²) in [6.07, 6.45) is -4.07. The molecular formula is C23H19F4N4NaO3S. The number of amides is 1. The van der Waals surface area contributed by atoms with E-state index in [2.05, 4.69) is 14.6 Å². The van der Waals surface area contributed by atoms with E-state index in [4.69, 9.17) is 0 Å². The Hall–Kier alpha value is -2.67. The summed E-state index contributed by atoms with van der Waals surface area (Å²) in [6.45, 7) is 2.74. The molecule has 0 bridgehead atoms. The first-order valence-electron chi connectivity index (χ1n) is 10.4. The maximum absolute atomic E-state index is 13.3. The smallest absolute Gasteiger partial charge is 0.537 e. The molecule has 0 unspecified atom stereocenters. The van der Waals surface area contributed by atoms with E-state index in [1.165, 1.54) is 12.1 Å². The maximum atomic E-state index is 13.3. The van der Waals surface area contributed by atoms with Gasteiger partial charge in [-0.3, -0.25) is 0 Å². The molecule has 1 fully saturated rings. The minimum Gasteiger partial charge on any atom is -0.537 e. The van der Waals surface area contributed by atoms with Gasteiger partial charge in [-0.05, 0) is 42.5 Å². The summed E-state index contributed by atoms with van der Waals surface area (Å²) in [6, 6.07) is 13.8. The van der Waals surface area contributed by atoms with E-state index < -0.39 is 43.9 Å². The SMILES string of the molecule is O=C([N-]S(=O)(=O)c1ccc(N2CCN(c3ccccc3)CC2)nc1)c1ccc(F)cc1C(F)(F)F.[Na+]. The summed E-state index contributed by atoms with van der Waals surface area (Å²) in [5.41, 5.74) is -1.57. The molecule has 4 rings (SSSR count). The number of anilines is 2. The molecule has 2 heterocycles.